The summed E-state index contributed by atoms with van der Waals surface area (Å²) >= 11 is 0. The Morgan fingerprint density at radius 1 is 1.58 bits per heavy atom. The van der Waals surface area contributed by atoms with E-state index in [0.717, 1.165) is 25.1 Å². The zero-order valence-corrected chi connectivity index (χ0v) is 11.5. The monoisotopic (exact) mass is 263 g/mol. The molecule has 1 aliphatic heterocycles. The number of carbonyl (C=O) groups is 1. The standard InChI is InChI=1S/C14H21N3O2/c1-3-19-13-5-4-12(9-16-13)17-14(18)11-6-7-15-10(2)8-11/h4-5,9-11,15H,3,6-8H2,1-2H3,(H,17,18). The molecule has 5 heteroatoms. The predicted molar refractivity (Wildman–Crippen MR) is 74.2 cm³/mol. The predicted octanol–water partition coefficient (Wildman–Crippen LogP) is 1.81. The number of rotatable bonds is 4. The Kier molecular flexibility index (Phi) is 4.74. The van der Waals surface area contributed by atoms with Gasteiger partial charge in [-0.3, -0.25) is 4.79 Å². The van der Waals surface area contributed by atoms with E-state index in [1.54, 1.807) is 12.3 Å². The van der Waals surface area contributed by atoms with Crippen molar-refractivity contribution in [3.05, 3.63) is 18.3 Å². The van der Waals surface area contributed by atoms with Crippen LogP contribution in [0.3, 0.4) is 0 Å². The molecular formula is C14H21N3O2. The second kappa shape index (κ2) is 6.52. The number of hydrogen-bond acceptors (Lipinski definition) is 4. The smallest absolute Gasteiger partial charge is 0.227 e. The Hall–Kier alpha value is -1.62. The van der Waals surface area contributed by atoms with Crippen molar-refractivity contribution < 1.29 is 9.53 Å². The number of anilines is 1. The van der Waals surface area contributed by atoms with Crippen molar-refractivity contribution in [1.29, 1.82) is 0 Å². The largest absolute Gasteiger partial charge is 0.478 e. The van der Waals surface area contributed by atoms with Gasteiger partial charge in [0, 0.05) is 18.0 Å². The van der Waals surface area contributed by atoms with E-state index in [-0.39, 0.29) is 11.8 Å². The van der Waals surface area contributed by atoms with E-state index in [2.05, 4.69) is 22.5 Å². The minimum Gasteiger partial charge on any atom is -0.478 e. The summed E-state index contributed by atoms with van der Waals surface area (Å²) in [7, 11) is 0. The summed E-state index contributed by atoms with van der Waals surface area (Å²) in [6, 6.07) is 3.99. The van der Waals surface area contributed by atoms with E-state index in [1.807, 2.05) is 13.0 Å². The highest BCUT2D eigenvalue weighted by molar-refractivity contribution is 5.92. The lowest BCUT2D eigenvalue weighted by Crippen LogP contribution is -2.40. The molecule has 2 N–H and O–H groups in total. The summed E-state index contributed by atoms with van der Waals surface area (Å²) in [5, 5.41) is 6.26. The van der Waals surface area contributed by atoms with Crippen molar-refractivity contribution in [3.8, 4) is 5.88 Å². The molecular weight excluding hydrogens is 242 g/mol. The zero-order chi connectivity index (χ0) is 13.7. The molecule has 1 aliphatic rings. The summed E-state index contributed by atoms with van der Waals surface area (Å²) in [4.78, 5) is 16.3. The Labute approximate surface area is 113 Å². The summed E-state index contributed by atoms with van der Waals surface area (Å²) in [5.74, 6) is 0.748. The molecule has 1 aromatic rings. The second-order valence-corrected chi connectivity index (χ2v) is 4.88. The Balaban J connectivity index is 1.90. The van der Waals surface area contributed by atoms with Gasteiger partial charge in [-0.25, -0.2) is 4.98 Å². The van der Waals surface area contributed by atoms with E-state index in [0.29, 0.717) is 18.5 Å². The molecule has 0 aliphatic carbocycles. The molecule has 0 bridgehead atoms. The van der Waals surface area contributed by atoms with Crippen LogP contribution in [0.2, 0.25) is 0 Å². The van der Waals surface area contributed by atoms with Crippen molar-refractivity contribution in [2.45, 2.75) is 32.7 Å². The highest BCUT2D eigenvalue weighted by Crippen LogP contribution is 2.19. The first kappa shape index (κ1) is 13.8. The van der Waals surface area contributed by atoms with Crippen LogP contribution in [0.25, 0.3) is 0 Å². The van der Waals surface area contributed by atoms with Crippen LogP contribution < -0.4 is 15.4 Å². The van der Waals surface area contributed by atoms with E-state index in [4.69, 9.17) is 4.74 Å². The van der Waals surface area contributed by atoms with Crippen molar-refractivity contribution in [2.75, 3.05) is 18.5 Å². The maximum Gasteiger partial charge on any atom is 0.227 e. The highest BCUT2D eigenvalue weighted by Gasteiger charge is 2.24. The van der Waals surface area contributed by atoms with E-state index in [1.165, 1.54) is 0 Å². The molecule has 19 heavy (non-hydrogen) atoms. The van der Waals surface area contributed by atoms with Gasteiger partial charge < -0.3 is 15.4 Å². The van der Waals surface area contributed by atoms with Gasteiger partial charge >= 0.3 is 0 Å². The van der Waals surface area contributed by atoms with Crippen molar-refractivity contribution in [2.24, 2.45) is 5.92 Å². The number of amides is 1. The fourth-order valence-electron chi connectivity index (χ4n) is 2.30. The molecule has 2 heterocycles. The molecule has 0 spiro atoms. The van der Waals surface area contributed by atoms with Gasteiger partial charge in [0.25, 0.3) is 0 Å². The number of hydrogen-bond donors (Lipinski definition) is 2. The number of pyridine rings is 1. The highest BCUT2D eigenvalue weighted by atomic mass is 16.5. The minimum absolute atomic E-state index is 0.0827. The van der Waals surface area contributed by atoms with Gasteiger partial charge in [-0.05, 0) is 39.3 Å². The Bertz CT molecular complexity index is 419. The van der Waals surface area contributed by atoms with Crippen LogP contribution in [-0.4, -0.2) is 30.1 Å². The SMILES string of the molecule is CCOc1ccc(NC(=O)C2CCNC(C)C2)cn1. The molecule has 0 saturated carbocycles. The van der Waals surface area contributed by atoms with Gasteiger partial charge in [-0.15, -0.1) is 0 Å². The third-order valence-electron chi connectivity index (χ3n) is 3.29. The van der Waals surface area contributed by atoms with Crippen LogP contribution in [0.15, 0.2) is 18.3 Å². The number of nitrogens with zero attached hydrogens (tertiary/aromatic N) is 1. The van der Waals surface area contributed by atoms with Gasteiger partial charge in [0.05, 0.1) is 18.5 Å². The van der Waals surface area contributed by atoms with Crippen LogP contribution in [-0.2, 0) is 4.79 Å². The molecule has 2 atom stereocenters. The zero-order valence-electron chi connectivity index (χ0n) is 11.5. The molecule has 0 aromatic carbocycles. The van der Waals surface area contributed by atoms with Crippen molar-refractivity contribution >= 4 is 11.6 Å². The maximum atomic E-state index is 12.1. The summed E-state index contributed by atoms with van der Waals surface area (Å²) in [6.07, 6.45) is 3.41. The quantitative estimate of drug-likeness (QED) is 0.869. The van der Waals surface area contributed by atoms with Crippen LogP contribution >= 0.6 is 0 Å². The third kappa shape index (κ3) is 3.92. The van der Waals surface area contributed by atoms with E-state index >= 15 is 0 Å². The Morgan fingerprint density at radius 2 is 2.42 bits per heavy atom. The number of piperidine rings is 1. The van der Waals surface area contributed by atoms with Gasteiger partial charge in [0.2, 0.25) is 11.8 Å². The summed E-state index contributed by atoms with van der Waals surface area (Å²) in [6.45, 7) is 5.51. The second-order valence-electron chi connectivity index (χ2n) is 4.88. The number of aromatic nitrogens is 1. The van der Waals surface area contributed by atoms with Crippen LogP contribution in [0.1, 0.15) is 26.7 Å². The Morgan fingerprint density at radius 3 is 3.05 bits per heavy atom. The van der Waals surface area contributed by atoms with Crippen molar-refractivity contribution in [1.82, 2.24) is 10.3 Å². The van der Waals surface area contributed by atoms with Crippen LogP contribution in [0.4, 0.5) is 5.69 Å². The summed E-state index contributed by atoms with van der Waals surface area (Å²) < 4.78 is 5.26. The molecule has 1 amide bonds. The van der Waals surface area contributed by atoms with Gasteiger partial charge in [-0.1, -0.05) is 0 Å². The van der Waals surface area contributed by atoms with Gasteiger partial charge in [-0.2, -0.15) is 0 Å². The molecule has 1 fully saturated rings. The first-order valence-corrected chi connectivity index (χ1v) is 6.82. The lowest BCUT2D eigenvalue weighted by atomic mass is 9.92. The van der Waals surface area contributed by atoms with E-state index < -0.39 is 0 Å². The third-order valence-corrected chi connectivity index (χ3v) is 3.29. The maximum absolute atomic E-state index is 12.1. The van der Waals surface area contributed by atoms with Crippen LogP contribution in [0.5, 0.6) is 5.88 Å². The fourth-order valence-corrected chi connectivity index (χ4v) is 2.30. The average molecular weight is 263 g/mol. The lowest BCUT2D eigenvalue weighted by molar-refractivity contribution is -0.120. The average Bonchev–Trinajstić information content (AvgIpc) is 2.41. The van der Waals surface area contributed by atoms with E-state index in [9.17, 15) is 4.79 Å². The first-order chi connectivity index (χ1) is 9.19. The first-order valence-electron chi connectivity index (χ1n) is 6.82. The minimum atomic E-state index is 0.0827. The van der Waals surface area contributed by atoms with Gasteiger partial charge in [0.15, 0.2) is 0 Å². The van der Waals surface area contributed by atoms with Crippen LogP contribution in [0, 0.1) is 5.92 Å². The molecule has 2 rings (SSSR count). The number of nitrogens with one attached hydrogen (secondary N) is 2. The summed E-state index contributed by atoms with van der Waals surface area (Å²) in [5.41, 5.74) is 0.722. The van der Waals surface area contributed by atoms with Gasteiger partial charge in [0.1, 0.15) is 0 Å². The van der Waals surface area contributed by atoms with Crippen molar-refractivity contribution in [3.63, 3.8) is 0 Å². The number of carbonyl (C=O) groups excluding carboxylic acids is 1. The molecule has 1 saturated heterocycles. The number of ether oxygens (including phenoxy) is 1. The molecule has 5 nitrogen and oxygen atoms in total. The molecule has 2 unspecified atom stereocenters. The normalized spacial score (nSPS) is 22.8. The lowest BCUT2D eigenvalue weighted by Gasteiger charge is -2.27. The fraction of sp³-hybridized carbons (Fsp3) is 0.571. The molecule has 0 radical (unpaired) electrons. The topological polar surface area (TPSA) is 63.2 Å². The molecule has 1 aromatic heterocycles. The molecule has 104 valence electrons.